The van der Waals surface area contributed by atoms with Gasteiger partial charge < -0.3 is 30.4 Å². The number of phenols is 1. The van der Waals surface area contributed by atoms with Crippen LogP contribution in [-0.4, -0.2) is 48.9 Å². The molecule has 0 aliphatic rings. The molecule has 0 amide bonds. The molecule has 19 heavy (non-hydrogen) atoms. The summed E-state index contributed by atoms with van der Waals surface area (Å²) in [5.74, 6) is 0.196. The number of benzene rings is 1. The maximum Gasteiger partial charge on any atom is 0.631 e. The molecule has 0 aliphatic carbocycles. The largest absolute Gasteiger partial charge is 0.631 e. The van der Waals surface area contributed by atoms with E-state index < -0.39 is 18.5 Å². The predicted octanol–water partition coefficient (Wildman–Crippen LogP) is -0.595. The van der Waals surface area contributed by atoms with Crippen LogP contribution in [0, 0.1) is 0 Å². The molecule has 6 nitrogen and oxygen atoms in total. The highest BCUT2D eigenvalue weighted by atomic mass is 16.5. The van der Waals surface area contributed by atoms with Crippen molar-refractivity contribution in [3.8, 4) is 5.75 Å². The van der Waals surface area contributed by atoms with E-state index in [2.05, 4.69) is 0 Å². The molecule has 0 spiro atoms. The van der Waals surface area contributed by atoms with Gasteiger partial charge in [-0.25, -0.2) is 0 Å². The zero-order valence-corrected chi connectivity index (χ0v) is 11.3. The third kappa shape index (κ3) is 7.14. The van der Waals surface area contributed by atoms with Crippen LogP contribution in [0.15, 0.2) is 24.3 Å². The summed E-state index contributed by atoms with van der Waals surface area (Å²) >= 11 is 0. The van der Waals surface area contributed by atoms with Gasteiger partial charge >= 0.3 is 7.32 Å². The molecule has 0 aromatic heterocycles. The Morgan fingerprint density at radius 1 is 0.947 bits per heavy atom. The average Bonchev–Trinajstić information content (AvgIpc) is 2.18. The SMILES string of the molecule is CC(C)(O)C(C)(O)Cc1ccc(O)cc1.OB(O)O. The Kier molecular flexibility index (Phi) is 6.48. The Bertz CT molecular complexity index is 366. The number of rotatable bonds is 3. The van der Waals surface area contributed by atoms with Crippen LogP contribution in [0.2, 0.25) is 0 Å². The summed E-state index contributed by atoms with van der Waals surface area (Å²) in [7, 11) is -2.17. The van der Waals surface area contributed by atoms with Gasteiger partial charge in [-0.05, 0) is 38.5 Å². The Hall–Kier alpha value is -1.12. The number of phenolic OH excluding ortho intramolecular Hbond substituents is 1. The van der Waals surface area contributed by atoms with Crippen molar-refractivity contribution in [1.29, 1.82) is 0 Å². The molecular weight excluding hydrogens is 251 g/mol. The molecule has 6 N–H and O–H groups in total. The van der Waals surface area contributed by atoms with Crippen molar-refractivity contribution in [3.63, 3.8) is 0 Å². The fourth-order valence-corrected chi connectivity index (χ4v) is 1.23. The molecule has 1 unspecified atom stereocenters. The lowest BCUT2D eigenvalue weighted by Crippen LogP contribution is -2.49. The van der Waals surface area contributed by atoms with E-state index in [0.29, 0.717) is 6.42 Å². The van der Waals surface area contributed by atoms with Gasteiger partial charge in [0.25, 0.3) is 0 Å². The zero-order chi connectivity index (χ0) is 15.3. The third-order valence-electron chi connectivity index (χ3n) is 2.80. The lowest BCUT2D eigenvalue weighted by Gasteiger charge is -2.35. The van der Waals surface area contributed by atoms with Gasteiger partial charge in [-0.15, -0.1) is 0 Å². The van der Waals surface area contributed by atoms with Crippen LogP contribution in [-0.2, 0) is 6.42 Å². The second kappa shape index (κ2) is 6.88. The van der Waals surface area contributed by atoms with Crippen molar-refractivity contribution in [3.05, 3.63) is 29.8 Å². The molecule has 1 atom stereocenters. The zero-order valence-electron chi connectivity index (χ0n) is 11.3. The van der Waals surface area contributed by atoms with E-state index in [-0.39, 0.29) is 5.75 Å². The van der Waals surface area contributed by atoms with Crippen molar-refractivity contribution in [2.45, 2.75) is 38.4 Å². The van der Waals surface area contributed by atoms with Crippen LogP contribution in [0.3, 0.4) is 0 Å². The molecule has 0 saturated heterocycles. The minimum Gasteiger partial charge on any atom is -0.508 e. The lowest BCUT2D eigenvalue weighted by atomic mass is 9.82. The first-order valence-corrected chi connectivity index (χ1v) is 5.72. The highest BCUT2D eigenvalue weighted by Crippen LogP contribution is 2.26. The summed E-state index contributed by atoms with van der Waals surface area (Å²) in [5, 5.41) is 50.4. The molecule has 0 fully saturated rings. The van der Waals surface area contributed by atoms with Gasteiger partial charge in [0.1, 0.15) is 5.75 Å². The molecule has 1 rings (SSSR count). The first kappa shape index (κ1) is 17.9. The third-order valence-corrected chi connectivity index (χ3v) is 2.80. The molecule has 0 radical (unpaired) electrons. The smallest absolute Gasteiger partial charge is 0.508 e. The highest BCUT2D eigenvalue weighted by Gasteiger charge is 2.37. The van der Waals surface area contributed by atoms with Crippen LogP contribution in [0.25, 0.3) is 0 Å². The van der Waals surface area contributed by atoms with Gasteiger partial charge in [0.15, 0.2) is 0 Å². The molecule has 7 heteroatoms. The molecule has 0 saturated carbocycles. The van der Waals surface area contributed by atoms with Gasteiger partial charge in [0, 0.05) is 6.42 Å². The molecule has 0 heterocycles. The van der Waals surface area contributed by atoms with Crippen LogP contribution in [0.4, 0.5) is 0 Å². The van der Waals surface area contributed by atoms with Gasteiger partial charge in [-0.1, -0.05) is 12.1 Å². The van der Waals surface area contributed by atoms with E-state index in [1.165, 1.54) is 0 Å². The van der Waals surface area contributed by atoms with Crippen LogP contribution >= 0.6 is 0 Å². The normalized spacial score (nSPS) is 14.1. The lowest BCUT2D eigenvalue weighted by molar-refractivity contribution is -0.118. The topological polar surface area (TPSA) is 121 Å². The minimum absolute atomic E-state index is 0.196. The quantitative estimate of drug-likeness (QED) is 0.409. The second-order valence-corrected chi connectivity index (χ2v) is 5.02. The van der Waals surface area contributed by atoms with E-state index in [4.69, 9.17) is 20.2 Å². The standard InChI is InChI=1S/C12H18O3.BH3O3/c1-11(2,14)12(3,15)8-9-4-6-10(13)7-5-9;2-1(3)4/h4-7,13-15H,8H2,1-3H3;2-4H. The highest BCUT2D eigenvalue weighted by molar-refractivity contribution is 6.30. The molecule has 0 aliphatic heterocycles. The van der Waals surface area contributed by atoms with E-state index in [1.807, 2.05) is 0 Å². The van der Waals surface area contributed by atoms with E-state index in [1.54, 1.807) is 45.0 Å². The van der Waals surface area contributed by atoms with Gasteiger partial charge in [-0.2, -0.15) is 0 Å². The van der Waals surface area contributed by atoms with Gasteiger partial charge in [0.05, 0.1) is 11.2 Å². The number of hydrogen-bond acceptors (Lipinski definition) is 6. The van der Waals surface area contributed by atoms with Crippen LogP contribution in [0.5, 0.6) is 5.75 Å². The molecule has 1 aromatic carbocycles. The van der Waals surface area contributed by atoms with Crippen LogP contribution in [0.1, 0.15) is 26.3 Å². The first-order valence-electron chi connectivity index (χ1n) is 5.72. The second-order valence-electron chi connectivity index (χ2n) is 5.02. The average molecular weight is 272 g/mol. The minimum atomic E-state index is -2.17. The summed E-state index contributed by atoms with van der Waals surface area (Å²) in [6.07, 6.45) is 0.344. The number of aromatic hydroxyl groups is 1. The predicted molar refractivity (Wildman–Crippen MR) is 71.1 cm³/mol. The Balaban J connectivity index is 0.000000711. The number of aliphatic hydroxyl groups is 2. The van der Waals surface area contributed by atoms with Gasteiger partial charge in [-0.3, -0.25) is 0 Å². The molecule has 1 aromatic rings. The Morgan fingerprint density at radius 2 is 1.32 bits per heavy atom. The summed E-state index contributed by atoms with van der Waals surface area (Å²) in [4.78, 5) is 0. The summed E-state index contributed by atoms with van der Waals surface area (Å²) < 4.78 is 0. The van der Waals surface area contributed by atoms with Crippen LogP contribution < -0.4 is 0 Å². The van der Waals surface area contributed by atoms with E-state index in [9.17, 15) is 10.2 Å². The maximum absolute atomic E-state index is 10.1. The fourth-order valence-electron chi connectivity index (χ4n) is 1.23. The van der Waals surface area contributed by atoms with Gasteiger partial charge in [0.2, 0.25) is 0 Å². The molecule has 0 bridgehead atoms. The van der Waals surface area contributed by atoms with Crippen molar-refractivity contribution < 1.29 is 30.4 Å². The number of hydrogen-bond donors (Lipinski definition) is 6. The van der Waals surface area contributed by atoms with Crippen molar-refractivity contribution >= 4 is 7.32 Å². The summed E-state index contributed by atoms with van der Waals surface area (Å²) in [6, 6.07) is 6.59. The molecular formula is C12H21BO6. The molecule has 108 valence electrons. The van der Waals surface area contributed by atoms with Crippen molar-refractivity contribution in [1.82, 2.24) is 0 Å². The van der Waals surface area contributed by atoms with E-state index in [0.717, 1.165) is 5.56 Å². The summed E-state index contributed by atoms with van der Waals surface area (Å²) in [6.45, 7) is 4.75. The van der Waals surface area contributed by atoms with E-state index >= 15 is 0 Å². The summed E-state index contributed by atoms with van der Waals surface area (Å²) in [5.41, 5.74) is -1.48. The first-order chi connectivity index (χ1) is 8.45. The maximum atomic E-state index is 10.1. The van der Waals surface area contributed by atoms with Crippen molar-refractivity contribution in [2.75, 3.05) is 0 Å². The monoisotopic (exact) mass is 272 g/mol. The Morgan fingerprint density at radius 3 is 1.63 bits per heavy atom. The van der Waals surface area contributed by atoms with Crippen molar-refractivity contribution in [2.24, 2.45) is 0 Å². The Labute approximate surface area is 112 Å². The fraction of sp³-hybridized carbons (Fsp3) is 0.500.